The summed E-state index contributed by atoms with van der Waals surface area (Å²) in [5.41, 5.74) is 4.29. The molecule has 0 bridgehead atoms. The molecule has 3 aliphatic rings. The zero-order chi connectivity index (χ0) is 34.9. The van der Waals surface area contributed by atoms with E-state index in [1.807, 2.05) is 19.9 Å². The van der Waals surface area contributed by atoms with Crippen LogP contribution in [0, 0.1) is 11.8 Å². The Bertz CT molecular complexity index is 1620. The van der Waals surface area contributed by atoms with Gasteiger partial charge in [-0.25, -0.2) is 4.79 Å². The number of primary amides is 1. The number of aliphatic hydroxyl groups excluding tert-OH is 4. The number of allylic oxidation sites excluding steroid dienone is 1. The van der Waals surface area contributed by atoms with Gasteiger partial charge in [-0.15, -0.1) is 0 Å². The van der Waals surface area contributed by atoms with Crippen molar-refractivity contribution in [1.29, 1.82) is 0 Å². The van der Waals surface area contributed by atoms with Gasteiger partial charge in [0.15, 0.2) is 11.7 Å². The topological polar surface area (TPSA) is 254 Å². The lowest BCUT2D eigenvalue weighted by atomic mass is 9.84. The van der Waals surface area contributed by atoms with Gasteiger partial charge in [0.1, 0.15) is 41.4 Å². The Morgan fingerprint density at radius 2 is 1.85 bits per heavy atom. The Balaban J connectivity index is 1.44. The van der Waals surface area contributed by atoms with Crippen molar-refractivity contribution in [3.63, 3.8) is 0 Å². The van der Waals surface area contributed by atoms with Gasteiger partial charge in [-0.1, -0.05) is 32.1 Å². The highest BCUT2D eigenvalue weighted by molar-refractivity contribution is 6.03. The first-order valence-electron chi connectivity index (χ1n) is 15.3. The quantitative estimate of drug-likeness (QED) is 0.138. The van der Waals surface area contributed by atoms with E-state index in [1.165, 1.54) is 42.5 Å². The van der Waals surface area contributed by atoms with Crippen LogP contribution >= 0.6 is 0 Å². The number of phenolic OH excluding ortho intramolecular Hbond substituents is 1. The third-order valence-corrected chi connectivity index (χ3v) is 8.82. The molecule has 15 heteroatoms. The maximum Gasteiger partial charge on any atom is 0.335 e. The van der Waals surface area contributed by atoms with Crippen LogP contribution in [-0.2, 0) is 14.3 Å². The summed E-state index contributed by atoms with van der Waals surface area (Å²) in [4.78, 5) is 28.5. The number of carboxylic acid groups (broad SMARTS) is 1. The number of benzene rings is 2. The van der Waals surface area contributed by atoms with Crippen LogP contribution in [-0.4, -0.2) is 109 Å². The Hall–Kier alpha value is -4.51. The van der Waals surface area contributed by atoms with E-state index in [9.17, 15) is 45.3 Å². The normalized spacial score (nSPS) is 28.0. The van der Waals surface area contributed by atoms with Crippen molar-refractivity contribution in [2.75, 3.05) is 13.1 Å². The van der Waals surface area contributed by atoms with Gasteiger partial charge in [0.2, 0.25) is 12.4 Å². The average molecular weight is 670 g/mol. The highest BCUT2D eigenvalue weighted by atomic mass is 16.7. The predicted octanol–water partition coefficient (Wildman–Crippen LogP) is 0.287. The molecular formula is C33H39N3O12. The molecule has 3 aliphatic heterocycles. The number of ether oxygens (including phenoxy) is 3. The number of aromatic hydroxyl groups is 1. The van der Waals surface area contributed by atoms with Crippen molar-refractivity contribution in [2.45, 2.75) is 62.8 Å². The summed E-state index contributed by atoms with van der Waals surface area (Å²) in [5.74, 6) is -3.19. The molecule has 0 radical (unpaired) electrons. The Kier molecular flexibility index (Phi) is 10.1. The number of hydrogen-bond acceptors (Lipinski definition) is 13. The Morgan fingerprint density at radius 1 is 1.15 bits per heavy atom. The number of fused-ring (bicyclic) bond motifs is 1. The molecule has 1 saturated heterocycles. The highest BCUT2D eigenvalue weighted by Gasteiger charge is 2.62. The van der Waals surface area contributed by atoms with Gasteiger partial charge in [-0.05, 0) is 53.7 Å². The van der Waals surface area contributed by atoms with Gasteiger partial charge in [-0.3, -0.25) is 15.1 Å². The van der Waals surface area contributed by atoms with E-state index in [2.05, 4.69) is 10.3 Å². The van der Waals surface area contributed by atoms with Crippen LogP contribution in [0.1, 0.15) is 31.4 Å². The second-order valence-electron chi connectivity index (χ2n) is 12.3. The first-order chi connectivity index (χ1) is 22.7. The molecule has 1 fully saturated rings. The SMILES string of the molecule is CC(C)[C@H](CN[C@H](O)[C@]1(O)[C@H](Oc2ccc3c(c2)OC(C(N)=O)C(c2ccc(O)cc2)=C3O)O[C@H](C(=O)O)[C@@H](O)[C@@H]1O)CC1=CCN=C1. The molecule has 48 heavy (non-hydrogen) atoms. The molecule has 10 N–H and O–H groups in total. The minimum atomic E-state index is -2.82. The molecule has 2 aromatic carbocycles. The number of aliphatic hydroxyl groups is 5. The second-order valence-corrected chi connectivity index (χ2v) is 12.3. The number of aliphatic carboxylic acids is 1. The van der Waals surface area contributed by atoms with Gasteiger partial charge in [0.05, 0.1) is 17.7 Å². The number of carbonyl (C=O) groups excluding carboxylic acids is 1. The van der Waals surface area contributed by atoms with E-state index in [1.54, 1.807) is 6.21 Å². The van der Waals surface area contributed by atoms with Crippen LogP contribution in [0.2, 0.25) is 0 Å². The lowest BCUT2D eigenvalue weighted by Gasteiger charge is -2.48. The number of amides is 1. The largest absolute Gasteiger partial charge is 0.508 e. The molecule has 3 heterocycles. The zero-order valence-electron chi connectivity index (χ0n) is 26.1. The van der Waals surface area contributed by atoms with Gasteiger partial charge in [0.25, 0.3) is 5.91 Å². The van der Waals surface area contributed by atoms with Crippen LogP contribution < -0.4 is 20.5 Å². The first kappa shape index (κ1) is 34.8. The molecule has 0 saturated carbocycles. The summed E-state index contributed by atoms with van der Waals surface area (Å²) in [6.07, 6.45) is -7.68. The number of nitrogens with one attached hydrogen (secondary N) is 1. The molecule has 1 amide bonds. The van der Waals surface area contributed by atoms with Crippen LogP contribution in [0.5, 0.6) is 17.2 Å². The van der Waals surface area contributed by atoms with Crippen molar-refractivity contribution >= 4 is 29.4 Å². The maximum absolute atomic E-state index is 12.4. The molecule has 8 atom stereocenters. The van der Waals surface area contributed by atoms with Crippen LogP contribution in [0.4, 0.5) is 0 Å². The second kappa shape index (κ2) is 13.9. The summed E-state index contributed by atoms with van der Waals surface area (Å²) in [6.45, 7) is 4.68. The number of phenols is 1. The molecule has 15 nitrogen and oxygen atoms in total. The fourth-order valence-corrected chi connectivity index (χ4v) is 5.90. The Labute approximate surface area is 275 Å². The van der Waals surface area contributed by atoms with Gasteiger partial charge in [-0.2, -0.15) is 0 Å². The molecule has 258 valence electrons. The van der Waals surface area contributed by atoms with Crippen LogP contribution in [0.3, 0.4) is 0 Å². The summed E-state index contributed by atoms with van der Waals surface area (Å²) in [7, 11) is 0. The fourth-order valence-electron chi connectivity index (χ4n) is 5.90. The number of carbonyl (C=O) groups is 2. The molecule has 1 unspecified atom stereocenters. The number of nitrogens with zero attached hydrogens (tertiary/aromatic N) is 1. The monoisotopic (exact) mass is 669 g/mol. The lowest BCUT2D eigenvalue weighted by Crippen LogP contribution is -2.75. The van der Waals surface area contributed by atoms with Crippen molar-refractivity contribution < 1.29 is 59.5 Å². The predicted molar refractivity (Wildman–Crippen MR) is 170 cm³/mol. The zero-order valence-corrected chi connectivity index (χ0v) is 26.1. The van der Waals surface area contributed by atoms with Crippen LogP contribution in [0.25, 0.3) is 11.3 Å². The van der Waals surface area contributed by atoms with E-state index >= 15 is 0 Å². The number of carboxylic acids is 1. The lowest BCUT2D eigenvalue weighted by molar-refractivity contribution is -0.338. The van der Waals surface area contributed by atoms with Crippen molar-refractivity contribution in [3.8, 4) is 17.2 Å². The number of hydrogen-bond donors (Lipinski definition) is 9. The number of aliphatic imine (C=N–C) groups is 1. The third-order valence-electron chi connectivity index (χ3n) is 8.82. The van der Waals surface area contributed by atoms with E-state index in [0.717, 1.165) is 5.57 Å². The highest BCUT2D eigenvalue weighted by Crippen LogP contribution is 2.42. The summed E-state index contributed by atoms with van der Waals surface area (Å²) < 4.78 is 17.1. The molecule has 2 aromatic rings. The Morgan fingerprint density at radius 3 is 2.46 bits per heavy atom. The van der Waals surface area contributed by atoms with Crippen LogP contribution in [0.15, 0.2) is 59.1 Å². The standard InChI is InChI=1S/C33H39N3O12/c1-15(2)18(11-16-9-10-35-13-16)14-36-31(44)33(45)28(40)25(39)27(30(42)43)48-32(33)46-20-7-8-21-22(12-20)47-26(29(34)41)23(24(21)38)17-3-5-19(37)6-4-17/h3-9,12-13,15,18,25-28,31-32,36-40,44-45H,10-11,14H2,1-2H3,(H2,34,41)(H,42,43)/t18-,25+,26?,27-,28-,31+,32+,33-/m0/s1. The average Bonchev–Trinajstić information content (AvgIpc) is 3.56. The first-order valence-corrected chi connectivity index (χ1v) is 15.3. The van der Waals surface area contributed by atoms with E-state index in [-0.39, 0.29) is 52.5 Å². The number of rotatable bonds is 12. The number of nitrogens with two attached hydrogens (primary N) is 1. The fraction of sp³-hybridized carbons (Fsp3) is 0.424. The van der Waals surface area contributed by atoms with E-state index in [4.69, 9.17) is 19.9 Å². The minimum absolute atomic E-state index is 0.0421. The van der Waals surface area contributed by atoms with E-state index < -0.39 is 54.4 Å². The molecule has 5 rings (SSSR count). The third kappa shape index (κ3) is 6.74. The minimum Gasteiger partial charge on any atom is -0.508 e. The van der Waals surface area contributed by atoms with Gasteiger partial charge >= 0.3 is 5.97 Å². The molecular weight excluding hydrogens is 630 g/mol. The maximum atomic E-state index is 12.4. The van der Waals surface area contributed by atoms with Gasteiger partial charge in [0, 0.05) is 18.8 Å². The summed E-state index contributed by atoms with van der Waals surface area (Å²) in [6, 6.07) is 9.50. The molecule has 0 aromatic heterocycles. The smallest absolute Gasteiger partial charge is 0.335 e. The summed E-state index contributed by atoms with van der Waals surface area (Å²) in [5, 5.41) is 77.9. The van der Waals surface area contributed by atoms with Crippen molar-refractivity contribution in [3.05, 3.63) is 65.2 Å². The van der Waals surface area contributed by atoms with E-state index in [0.29, 0.717) is 18.5 Å². The van der Waals surface area contributed by atoms with Crippen molar-refractivity contribution in [1.82, 2.24) is 5.32 Å². The summed E-state index contributed by atoms with van der Waals surface area (Å²) >= 11 is 0. The molecule has 0 spiro atoms. The van der Waals surface area contributed by atoms with Gasteiger partial charge < -0.3 is 55.7 Å². The van der Waals surface area contributed by atoms with Crippen molar-refractivity contribution in [2.24, 2.45) is 22.6 Å². The molecule has 0 aliphatic carbocycles.